The van der Waals surface area contributed by atoms with Crippen molar-refractivity contribution in [1.29, 1.82) is 0 Å². The van der Waals surface area contributed by atoms with Gasteiger partial charge in [-0.2, -0.15) is 0 Å². The second-order valence-corrected chi connectivity index (χ2v) is 5.65. The molecule has 0 N–H and O–H groups in total. The van der Waals surface area contributed by atoms with Crippen LogP contribution in [0.25, 0.3) is 5.70 Å². The van der Waals surface area contributed by atoms with E-state index in [9.17, 15) is 4.79 Å². The summed E-state index contributed by atoms with van der Waals surface area (Å²) in [5.41, 5.74) is 2.80. The summed E-state index contributed by atoms with van der Waals surface area (Å²) in [5, 5.41) is 0. The van der Waals surface area contributed by atoms with E-state index in [1.807, 2.05) is 60.9 Å². The lowest BCUT2D eigenvalue weighted by Crippen LogP contribution is -2.26. The fourth-order valence-corrected chi connectivity index (χ4v) is 2.51. The summed E-state index contributed by atoms with van der Waals surface area (Å²) >= 11 is 1.70. The van der Waals surface area contributed by atoms with Gasteiger partial charge in [-0.15, -0.1) is 11.8 Å². The Morgan fingerprint density at radius 2 is 1.71 bits per heavy atom. The number of carbonyl (C=O) groups excluding carboxylic acids is 1. The number of amides is 1. The number of hydrogen-bond acceptors (Lipinski definition) is 2. The molecule has 0 fully saturated rings. The summed E-state index contributed by atoms with van der Waals surface area (Å²) in [4.78, 5) is 14.9. The lowest BCUT2D eigenvalue weighted by Gasteiger charge is -2.24. The number of hydrogen-bond donors (Lipinski definition) is 0. The van der Waals surface area contributed by atoms with E-state index in [-0.39, 0.29) is 5.91 Å². The highest BCUT2D eigenvalue weighted by Crippen LogP contribution is 2.23. The van der Waals surface area contributed by atoms with E-state index in [1.165, 1.54) is 4.90 Å². The number of rotatable bonds is 5. The molecule has 0 aromatic heterocycles. The maximum Gasteiger partial charge on any atom is 0.224 e. The fraction of sp³-hybridized carbons (Fsp3) is 0.167. The van der Waals surface area contributed by atoms with E-state index in [0.29, 0.717) is 6.54 Å². The molecule has 0 saturated carbocycles. The molecule has 0 aliphatic rings. The molecule has 0 atom stereocenters. The third kappa shape index (κ3) is 3.99. The first kappa shape index (κ1) is 15.4. The molecule has 2 rings (SSSR count). The van der Waals surface area contributed by atoms with Crippen LogP contribution in [0.1, 0.15) is 18.1 Å². The summed E-state index contributed by atoms with van der Waals surface area (Å²) in [5.74, 6) is -0.00204. The van der Waals surface area contributed by atoms with Crippen LogP contribution in [-0.4, -0.2) is 17.1 Å². The summed E-state index contributed by atoms with van der Waals surface area (Å²) in [6.45, 7) is 6.21. The Bertz CT molecular complexity index is 619. The number of thioether (sulfide) groups is 1. The molecule has 0 bridgehead atoms. The predicted molar refractivity (Wildman–Crippen MR) is 89.9 cm³/mol. The maximum absolute atomic E-state index is 11.9. The van der Waals surface area contributed by atoms with Crippen molar-refractivity contribution in [1.82, 2.24) is 4.90 Å². The summed E-state index contributed by atoms with van der Waals surface area (Å²) < 4.78 is 0. The zero-order valence-electron chi connectivity index (χ0n) is 12.4. The van der Waals surface area contributed by atoms with Crippen molar-refractivity contribution in [2.45, 2.75) is 18.4 Å². The average Bonchev–Trinajstić information content (AvgIpc) is 2.53. The van der Waals surface area contributed by atoms with Crippen LogP contribution in [0, 0.1) is 0 Å². The Kier molecular flexibility index (Phi) is 5.23. The van der Waals surface area contributed by atoms with Crippen molar-refractivity contribution in [3.63, 3.8) is 0 Å². The first-order valence-corrected chi connectivity index (χ1v) is 7.99. The minimum Gasteiger partial charge on any atom is -0.308 e. The van der Waals surface area contributed by atoms with Crippen molar-refractivity contribution in [2.24, 2.45) is 0 Å². The average molecular weight is 297 g/mol. The van der Waals surface area contributed by atoms with Gasteiger partial charge in [0.05, 0.1) is 6.54 Å². The zero-order valence-corrected chi connectivity index (χ0v) is 13.2. The van der Waals surface area contributed by atoms with Crippen LogP contribution in [0.15, 0.2) is 66.1 Å². The van der Waals surface area contributed by atoms with Gasteiger partial charge in [0.15, 0.2) is 0 Å². The van der Waals surface area contributed by atoms with E-state index in [0.717, 1.165) is 16.8 Å². The summed E-state index contributed by atoms with van der Waals surface area (Å²) in [6, 6.07) is 18.1. The van der Waals surface area contributed by atoms with Gasteiger partial charge < -0.3 is 4.90 Å². The van der Waals surface area contributed by atoms with Crippen molar-refractivity contribution >= 4 is 23.4 Å². The molecule has 0 aliphatic heterocycles. The van der Waals surface area contributed by atoms with Crippen LogP contribution in [0.5, 0.6) is 0 Å². The molecule has 108 valence electrons. The Hall–Kier alpha value is -2.00. The van der Waals surface area contributed by atoms with Gasteiger partial charge in [-0.25, -0.2) is 0 Å². The van der Waals surface area contributed by atoms with E-state index < -0.39 is 0 Å². The highest BCUT2D eigenvalue weighted by molar-refractivity contribution is 7.98. The van der Waals surface area contributed by atoms with E-state index in [4.69, 9.17) is 0 Å². The van der Waals surface area contributed by atoms with Gasteiger partial charge in [0.25, 0.3) is 0 Å². The normalized spacial score (nSPS) is 10.2. The molecule has 0 heterocycles. The summed E-state index contributed by atoms with van der Waals surface area (Å²) in [6.07, 6.45) is 2.04. The molecule has 0 radical (unpaired) electrons. The van der Waals surface area contributed by atoms with Crippen LogP contribution < -0.4 is 0 Å². The van der Waals surface area contributed by atoms with E-state index in [2.05, 4.69) is 6.58 Å². The Labute approximate surface area is 130 Å². The minimum atomic E-state index is -0.00204. The molecule has 2 aromatic carbocycles. The van der Waals surface area contributed by atoms with E-state index >= 15 is 0 Å². The highest BCUT2D eigenvalue weighted by Gasteiger charge is 2.14. The fourth-order valence-electron chi connectivity index (χ4n) is 2.10. The lowest BCUT2D eigenvalue weighted by molar-refractivity contribution is -0.126. The van der Waals surface area contributed by atoms with Crippen molar-refractivity contribution < 1.29 is 4.79 Å². The van der Waals surface area contributed by atoms with Gasteiger partial charge in [0, 0.05) is 17.5 Å². The first-order chi connectivity index (χ1) is 10.1. The quantitative estimate of drug-likeness (QED) is 0.761. The standard InChI is InChI=1S/C18H19NOS/c1-14(17-9-11-18(21-3)12-10-17)19(15(2)20)13-16-7-5-4-6-8-16/h4-12H,1,13H2,2-3H3. The van der Waals surface area contributed by atoms with Gasteiger partial charge in [-0.3, -0.25) is 4.79 Å². The lowest BCUT2D eigenvalue weighted by atomic mass is 10.1. The van der Waals surface area contributed by atoms with Gasteiger partial charge >= 0.3 is 0 Å². The van der Waals surface area contributed by atoms with Crippen LogP contribution >= 0.6 is 11.8 Å². The molecule has 2 nitrogen and oxygen atoms in total. The molecule has 0 spiro atoms. The molecule has 1 amide bonds. The van der Waals surface area contributed by atoms with Gasteiger partial charge in [-0.05, 0) is 29.5 Å². The maximum atomic E-state index is 11.9. The van der Waals surface area contributed by atoms with Crippen LogP contribution in [0.4, 0.5) is 0 Å². The van der Waals surface area contributed by atoms with Gasteiger partial charge in [0.2, 0.25) is 5.91 Å². The molecule has 0 unspecified atom stereocenters. The van der Waals surface area contributed by atoms with Crippen LogP contribution in [-0.2, 0) is 11.3 Å². The van der Waals surface area contributed by atoms with Gasteiger partial charge in [-0.1, -0.05) is 49.0 Å². The molecule has 0 saturated heterocycles. The number of carbonyl (C=O) groups is 1. The van der Waals surface area contributed by atoms with Gasteiger partial charge in [0.1, 0.15) is 0 Å². The zero-order chi connectivity index (χ0) is 15.2. The van der Waals surface area contributed by atoms with Crippen molar-refractivity contribution in [3.8, 4) is 0 Å². The Morgan fingerprint density at radius 3 is 2.24 bits per heavy atom. The highest BCUT2D eigenvalue weighted by atomic mass is 32.2. The van der Waals surface area contributed by atoms with Crippen molar-refractivity contribution in [3.05, 3.63) is 72.3 Å². The molecular weight excluding hydrogens is 278 g/mol. The molecule has 2 aromatic rings. The second-order valence-electron chi connectivity index (χ2n) is 4.77. The minimum absolute atomic E-state index is 0.00204. The largest absolute Gasteiger partial charge is 0.308 e. The molecular formula is C18H19NOS. The van der Waals surface area contributed by atoms with Crippen LogP contribution in [0.3, 0.4) is 0 Å². The second kappa shape index (κ2) is 7.14. The molecule has 3 heteroatoms. The third-order valence-electron chi connectivity index (χ3n) is 3.31. The third-order valence-corrected chi connectivity index (χ3v) is 4.06. The summed E-state index contributed by atoms with van der Waals surface area (Å²) in [7, 11) is 0. The molecule has 0 aliphatic carbocycles. The SMILES string of the molecule is C=C(c1ccc(SC)cc1)N(Cc1ccccc1)C(C)=O. The smallest absolute Gasteiger partial charge is 0.224 e. The Morgan fingerprint density at radius 1 is 1.10 bits per heavy atom. The number of benzene rings is 2. The monoisotopic (exact) mass is 297 g/mol. The van der Waals surface area contributed by atoms with Crippen molar-refractivity contribution in [2.75, 3.05) is 6.26 Å². The topological polar surface area (TPSA) is 20.3 Å². The van der Waals surface area contributed by atoms with Crippen LogP contribution in [0.2, 0.25) is 0 Å². The molecule has 21 heavy (non-hydrogen) atoms. The Balaban J connectivity index is 2.21. The predicted octanol–water partition coefficient (Wildman–Crippen LogP) is 4.43. The number of nitrogens with zero attached hydrogens (tertiary/aromatic N) is 1. The first-order valence-electron chi connectivity index (χ1n) is 6.77. The van der Waals surface area contributed by atoms with E-state index in [1.54, 1.807) is 23.6 Å².